The highest BCUT2D eigenvalue weighted by Gasteiger charge is 2.40. The van der Waals surface area contributed by atoms with Crippen molar-refractivity contribution in [1.29, 1.82) is 0 Å². The molecule has 17 heavy (non-hydrogen) atoms. The van der Waals surface area contributed by atoms with Gasteiger partial charge in [-0.3, -0.25) is 0 Å². The Morgan fingerprint density at radius 1 is 1.41 bits per heavy atom. The first-order chi connectivity index (χ1) is 7.53. The van der Waals surface area contributed by atoms with E-state index in [0.29, 0.717) is 0 Å². The summed E-state index contributed by atoms with van der Waals surface area (Å²) in [6.07, 6.45) is -4.63. The normalized spacial score (nSPS) is 14.7. The summed E-state index contributed by atoms with van der Waals surface area (Å²) >= 11 is 5.45. The van der Waals surface area contributed by atoms with Crippen LogP contribution in [0.15, 0.2) is 17.0 Å². The maximum absolute atomic E-state index is 12.5. The first-order valence-corrected chi connectivity index (χ1v) is 6.22. The van der Waals surface area contributed by atoms with Crippen LogP contribution in [0.5, 0.6) is 0 Å². The van der Waals surface area contributed by atoms with Gasteiger partial charge in [-0.25, -0.2) is 18.5 Å². The average Bonchev–Trinajstić information content (AvgIpc) is 2.13. The number of nitrogens with two attached hydrogens (primary N) is 1. The quantitative estimate of drug-likeness (QED) is 0.847. The molecule has 9 heteroatoms. The van der Waals surface area contributed by atoms with Crippen molar-refractivity contribution in [2.45, 2.75) is 23.9 Å². The lowest BCUT2D eigenvalue weighted by Gasteiger charge is -2.17. The smallest absolute Gasteiger partial charge is 0.239 e. The lowest BCUT2D eigenvalue weighted by Crippen LogP contribution is -2.23. The van der Waals surface area contributed by atoms with E-state index in [2.05, 4.69) is 4.98 Å². The van der Waals surface area contributed by atoms with Crippen LogP contribution in [0.4, 0.5) is 13.2 Å². The molecule has 0 aliphatic heterocycles. The molecule has 2 N–H and O–H groups in total. The van der Waals surface area contributed by atoms with Crippen molar-refractivity contribution >= 4 is 21.6 Å². The highest BCUT2D eigenvalue weighted by Crippen LogP contribution is 2.36. The van der Waals surface area contributed by atoms with E-state index in [4.69, 9.17) is 16.7 Å². The highest BCUT2D eigenvalue weighted by atomic mass is 35.5. The maximum Gasteiger partial charge on any atom is 0.397 e. The second-order valence-corrected chi connectivity index (χ2v) is 5.24. The molecule has 1 rings (SSSR count). The third-order valence-electron chi connectivity index (χ3n) is 2.06. The molecule has 0 aliphatic rings. The number of pyridine rings is 1. The summed E-state index contributed by atoms with van der Waals surface area (Å²) in [5.41, 5.74) is -0.701. The maximum atomic E-state index is 12.5. The molecule has 0 aromatic carbocycles. The largest absolute Gasteiger partial charge is 0.397 e. The molecule has 1 aromatic rings. The Labute approximate surface area is 101 Å². The summed E-state index contributed by atoms with van der Waals surface area (Å²) in [5, 5.41) is 4.58. The number of hydrogen-bond donors (Lipinski definition) is 1. The van der Waals surface area contributed by atoms with Crippen LogP contribution in [-0.4, -0.2) is 19.6 Å². The lowest BCUT2D eigenvalue weighted by molar-refractivity contribution is -0.147. The molecule has 96 valence electrons. The fraction of sp³-hybridized carbons (Fsp3) is 0.375. The van der Waals surface area contributed by atoms with Crippen molar-refractivity contribution in [3.8, 4) is 0 Å². The van der Waals surface area contributed by atoms with E-state index in [1.807, 2.05) is 0 Å². The van der Waals surface area contributed by atoms with E-state index >= 15 is 0 Å². The van der Waals surface area contributed by atoms with Crippen molar-refractivity contribution in [2.75, 3.05) is 0 Å². The first kappa shape index (κ1) is 14.2. The van der Waals surface area contributed by atoms with Crippen molar-refractivity contribution in [3.63, 3.8) is 0 Å². The molecule has 0 amide bonds. The van der Waals surface area contributed by atoms with E-state index in [-0.39, 0.29) is 5.15 Å². The van der Waals surface area contributed by atoms with Crippen LogP contribution in [0.25, 0.3) is 0 Å². The summed E-state index contributed by atoms with van der Waals surface area (Å²) in [7, 11) is -4.28. The van der Waals surface area contributed by atoms with Gasteiger partial charge in [-0.05, 0) is 19.1 Å². The van der Waals surface area contributed by atoms with Crippen LogP contribution in [0.3, 0.4) is 0 Å². The molecule has 0 bridgehead atoms. The molecule has 1 atom stereocenters. The minimum Gasteiger partial charge on any atom is -0.239 e. The van der Waals surface area contributed by atoms with Crippen molar-refractivity contribution in [3.05, 3.63) is 23.0 Å². The molecule has 1 heterocycles. The monoisotopic (exact) mass is 288 g/mol. The zero-order chi connectivity index (χ0) is 13.4. The van der Waals surface area contributed by atoms with Gasteiger partial charge in [0.25, 0.3) is 0 Å². The Morgan fingerprint density at radius 3 is 2.35 bits per heavy atom. The zero-order valence-electron chi connectivity index (χ0n) is 8.49. The Morgan fingerprint density at radius 2 is 1.94 bits per heavy atom. The van der Waals surface area contributed by atoms with Crippen LogP contribution in [0.2, 0.25) is 5.15 Å². The van der Waals surface area contributed by atoms with E-state index in [1.165, 1.54) is 0 Å². The molecule has 0 fully saturated rings. The molecule has 1 aromatic heterocycles. The van der Waals surface area contributed by atoms with E-state index < -0.39 is 32.7 Å². The number of aromatic nitrogens is 1. The lowest BCUT2D eigenvalue weighted by atomic mass is 10.1. The standard InChI is InChI=1S/C8H8ClF3N2O2S/c1-4(8(10,11)12)7-5(17(13,15)16)2-3-6(9)14-7/h2-4H,1H3,(H2,13,15,16)/t4-/m0/s1. The Hall–Kier alpha value is -0.860. The number of hydrogen-bond acceptors (Lipinski definition) is 3. The SMILES string of the molecule is C[C@@H](c1nc(Cl)ccc1S(N)(=O)=O)C(F)(F)F. The van der Waals surface area contributed by atoms with Crippen LogP contribution in [0, 0.1) is 0 Å². The third-order valence-corrected chi connectivity index (χ3v) is 3.23. The van der Waals surface area contributed by atoms with Gasteiger partial charge in [0.15, 0.2) is 0 Å². The second kappa shape index (κ2) is 4.43. The minimum absolute atomic E-state index is 0.233. The molecule has 0 saturated heterocycles. The fourth-order valence-corrected chi connectivity index (χ4v) is 2.07. The van der Waals surface area contributed by atoms with Crippen LogP contribution in [0.1, 0.15) is 18.5 Å². The number of sulfonamides is 1. The van der Waals surface area contributed by atoms with Crippen LogP contribution in [-0.2, 0) is 10.0 Å². The van der Waals surface area contributed by atoms with E-state index in [9.17, 15) is 21.6 Å². The van der Waals surface area contributed by atoms with Gasteiger partial charge in [-0.2, -0.15) is 13.2 Å². The fourth-order valence-electron chi connectivity index (χ4n) is 1.14. The summed E-state index contributed by atoms with van der Waals surface area (Å²) in [5.74, 6) is -2.07. The molecule has 0 spiro atoms. The molecule has 0 saturated carbocycles. The van der Waals surface area contributed by atoms with Gasteiger partial charge in [-0.1, -0.05) is 11.6 Å². The second-order valence-electron chi connectivity index (χ2n) is 3.33. The zero-order valence-corrected chi connectivity index (χ0v) is 10.1. The molecule has 0 radical (unpaired) electrons. The Balaban J connectivity index is 3.46. The predicted octanol–water partition coefficient (Wildman–Crippen LogP) is 2.05. The van der Waals surface area contributed by atoms with Gasteiger partial charge in [0.05, 0.1) is 11.6 Å². The number of halogens is 4. The number of alkyl halides is 3. The van der Waals surface area contributed by atoms with Crippen molar-refractivity contribution in [2.24, 2.45) is 5.14 Å². The highest BCUT2D eigenvalue weighted by molar-refractivity contribution is 7.89. The molecule has 4 nitrogen and oxygen atoms in total. The molecule has 0 aliphatic carbocycles. The summed E-state index contributed by atoms with van der Waals surface area (Å²) in [6.45, 7) is 0.785. The van der Waals surface area contributed by atoms with Gasteiger partial charge in [0, 0.05) is 0 Å². The molecular formula is C8H8ClF3N2O2S. The number of primary sulfonamides is 1. The minimum atomic E-state index is -4.63. The van der Waals surface area contributed by atoms with Crippen molar-refractivity contribution < 1.29 is 21.6 Å². The Kier molecular flexibility index (Phi) is 3.70. The first-order valence-electron chi connectivity index (χ1n) is 4.29. The van der Waals surface area contributed by atoms with E-state index in [0.717, 1.165) is 19.1 Å². The summed E-state index contributed by atoms with van der Waals surface area (Å²) in [6, 6.07) is 1.97. The van der Waals surface area contributed by atoms with Gasteiger partial charge < -0.3 is 0 Å². The Bertz CT molecular complexity index is 530. The van der Waals surface area contributed by atoms with E-state index in [1.54, 1.807) is 0 Å². The van der Waals surface area contributed by atoms with Gasteiger partial charge in [-0.15, -0.1) is 0 Å². The number of rotatable bonds is 2. The van der Waals surface area contributed by atoms with Crippen molar-refractivity contribution in [1.82, 2.24) is 4.98 Å². The summed E-state index contributed by atoms with van der Waals surface area (Å²) < 4.78 is 59.8. The number of nitrogens with zero attached hydrogens (tertiary/aromatic N) is 1. The summed E-state index contributed by atoms with van der Waals surface area (Å²) in [4.78, 5) is 2.72. The van der Waals surface area contributed by atoms with Crippen LogP contribution < -0.4 is 5.14 Å². The van der Waals surface area contributed by atoms with Gasteiger partial charge >= 0.3 is 6.18 Å². The molecular weight excluding hydrogens is 281 g/mol. The predicted molar refractivity (Wildman–Crippen MR) is 55.1 cm³/mol. The third kappa shape index (κ3) is 3.30. The van der Waals surface area contributed by atoms with Gasteiger partial charge in [0.2, 0.25) is 10.0 Å². The van der Waals surface area contributed by atoms with Crippen LogP contribution >= 0.6 is 11.6 Å². The topological polar surface area (TPSA) is 73.0 Å². The average molecular weight is 289 g/mol. The molecule has 0 unspecified atom stereocenters. The van der Waals surface area contributed by atoms with Gasteiger partial charge in [0.1, 0.15) is 10.0 Å².